The fourth-order valence-electron chi connectivity index (χ4n) is 3.11. The number of hydrogen-bond donors (Lipinski definition) is 1. The first-order chi connectivity index (χ1) is 13.5. The second-order valence-electron chi connectivity index (χ2n) is 7.15. The number of methoxy groups -OCH3 is 1. The molecule has 9 nitrogen and oxygen atoms in total. The number of ether oxygens (including phenoxy) is 1. The van der Waals surface area contributed by atoms with Crippen LogP contribution in [0.5, 0.6) is 5.75 Å². The van der Waals surface area contributed by atoms with Crippen molar-refractivity contribution in [1.29, 1.82) is 0 Å². The molecule has 28 heavy (non-hydrogen) atoms. The highest BCUT2D eigenvalue weighted by molar-refractivity contribution is 7.99. The van der Waals surface area contributed by atoms with Crippen LogP contribution in [0.2, 0.25) is 0 Å². The summed E-state index contributed by atoms with van der Waals surface area (Å²) in [5, 5.41) is 23.3. The van der Waals surface area contributed by atoms with E-state index >= 15 is 0 Å². The number of nitro groups is 1. The van der Waals surface area contributed by atoms with Gasteiger partial charge < -0.3 is 14.6 Å². The Morgan fingerprint density at radius 2 is 2.11 bits per heavy atom. The summed E-state index contributed by atoms with van der Waals surface area (Å²) in [7, 11) is 1.36. The van der Waals surface area contributed by atoms with Gasteiger partial charge >= 0.3 is 5.69 Å². The Hall–Kier alpha value is -2.62. The number of nitrogens with one attached hydrogen (secondary N) is 1. The molecular weight excluding hydrogens is 382 g/mol. The van der Waals surface area contributed by atoms with Crippen LogP contribution >= 0.6 is 11.8 Å². The maximum Gasteiger partial charge on any atom is 0.311 e. The minimum absolute atomic E-state index is 0.112. The molecule has 1 heterocycles. The van der Waals surface area contributed by atoms with E-state index in [1.54, 1.807) is 6.92 Å². The van der Waals surface area contributed by atoms with Gasteiger partial charge in [0.25, 0.3) is 0 Å². The Kier molecular flexibility index (Phi) is 4.96. The molecule has 2 aromatic rings. The van der Waals surface area contributed by atoms with Gasteiger partial charge in [0.05, 0.1) is 17.8 Å². The second-order valence-corrected chi connectivity index (χ2v) is 8.09. The van der Waals surface area contributed by atoms with E-state index in [1.165, 1.54) is 31.0 Å². The number of carbonyl (C=O) groups excluding carboxylic acids is 1. The Bertz CT molecular complexity index is 936. The molecule has 0 atom stereocenters. The fraction of sp³-hybridized carbons (Fsp3) is 0.500. The number of carbonyl (C=O) groups is 1. The van der Waals surface area contributed by atoms with Gasteiger partial charge in [-0.25, -0.2) is 0 Å². The number of thioether (sulfide) groups is 1. The maximum atomic E-state index is 12.4. The predicted molar refractivity (Wildman–Crippen MR) is 104 cm³/mol. The lowest BCUT2D eigenvalue weighted by Crippen LogP contribution is -2.16. The van der Waals surface area contributed by atoms with Gasteiger partial charge in [-0.15, -0.1) is 10.2 Å². The van der Waals surface area contributed by atoms with Crippen LogP contribution in [0.1, 0.15) is 49.0 Å². The molecule has 1 aromatic carbocycles. The number of anilines is 1. The Balaban J connectivity index is 1.43. The first-order valence-electron chi connectivity index (χ1n) is 9.18. The van der Waals surface area contributed by atoms with E-state index in [0.29, 0.717) is 23.2 Å². The van der Waals surface area contributed by atoms with E-state index in [1.807, 2.05) is 0 Å². The average Bonchev–Trinajstić information content (AvgIpc) is 3.60. The second kappa shape index (κ2) is 7.42. The van der Waals surface area contributed by atoms with Crippen LogP contribution in [0.15, 0.2) is 17.3 Å². The summed E-state index contributed by atoms with van der Waals surface area (Å²) in [6, 6.07) is 3.35. The third-order valence-electron chi connectivity index (χ3n) is 4.87. The third-order valence-corrected chi connectivity index (χ3v) is 5.82. The normalized spacial score (nSPS) is 16.1. The van der Waals surface area contributed by atoms with Crippen molar-refractivity contribution in [1.82, 2.24) is 14.8 Å². The van der Waals surface area contributed by atoms with E-state index in [0.717, 1.165) is 36.7 Å². The Labute approximate surface area is 166 Å². The summed E-state index contributed by atoms with van der Waals surface area (Å²) in [6.07, 6.45) is 4.60. The highest BCUT2D eigenvalue weighted by Gasteiger charge is 2.36. The van der Waals surface area contributed by atoms with Gasteiger partial charge in [-0.3, -0.25) is 14.9 Å². The highest BCUT2D eigenvalue weighted by Crippen LogP contribution is 2.46. The third kappa shape index (κ3) is 3.82. The zero-order valence-electron chi connectivity index (χ0n) is 15.7. The fourth-order valence-corrected chi connectivity index (χ4v) is 3.93. The Morgan fingerprint density at radius 3 is 2.71 bits per heavy atom. The standard InChI is InChI=1S/C18H21N5O4S/c1-10-7-14(23(25)26)15(27-2)8-13(10)19-16(24)9-28-18-21-20-17(11-3-4-11)22(18)12-5-6-12/h7-8,11-12H,3-6,9H2,1-2H3,(H,19,24). The summed E-state index contributed by atoms with van der Waals surface area (Å²) >= 11 is 1.37. The molecule has 1 amide bonds. The van der Waals surface area contributed by atoms with Crippen LogP contribution in [0.4, 0.5) is 11.4 Å². The van der Waals surface area contributed by atoms with Crippen LogP contribution in [0.25, 0.3) is 0 Å². The van der Waals surface area contributed by atoms with Gasteiger partial charge in [0.1, 0.15) is 5.82 Å². The average molecular weight is 403 g/mol. The van der Waals surface area contributed by atoms with Crippen LogP contribution in [0, 0.1) is 17.0 Å². The van der Waals surface area contributed by atoms with E-state index in [4.69, 9.17) is 4.74 Å². The van der Waals surface area contributed by atoms with Gasteiger partial charge in [0, 0.05) is 29.8 Å². The van der Waals surface area contributed by atoms with Crippen molar-refractivity contribution in [3.8, 4) is 5.75 Å². The van der Waals surface area contributed by atoms with Crippen LogP contribution in [-0.4, -0.2) is 38.5 Å². The molecule has 4 rings (SSSR count). The molecule has 2 fully saturated rings. The minimum atomic E-state index is -0.505. The first kappa shape index (κ1) is 18.7. The molecule has 2 saturated carbocycles. The number of nitro benzene ring substituents is 1. The highest BCUT2D eigenvalue weighted by atomic mass is 32.2. The van der Waals surface area contributed by atoms with Gasteiger partial charge in [-0.1, -0.05) is 11.8 Å². The lowest BCUT2D eigenvalue weighted by Gasteiger charge is -2.11. The van der Waals surface area contributed by atoms with Crippen LogP contribution in [-0.2, 0) is 4.79 Å². The summed E-state index contributed by atoms with van der Waals surface area (Å²) in [6.45, 7) is 1.71. The topological polar surface area (TPSA) is 112 Å². The minimum Gasteiger partial charge on any atom is -0.490 e. The molecule has 0 aliphatic heterocycles. The monoisotopic (exact) mass is 403 g/mol. The van der Waals surface area contributed by atoms with E-state index in [9.17, 15) is 14.9 Å². The predicted octanol–water partition coefficient (Wildman–Crippen LogP) is 3.45. The van der Waals surface area contributed by atoms with E-state index in [2.05, 4.69) is 20.1 Å². The zero-order chi connectivity index (χ0) is 19.8. The zero-order valence-corrected chi connectivity index (χ0v) is 16.5. The van der Waals surface area contributed by atoms with Crippen molar-refractivity contribution in [2.75, 3.05) is 18.2 Å². The summed E-state index contributed by atoms with van der Waals surface area (Å²) < 4.78 is 7.28. The summed E-state index contributed by atoms with van der Waals surface area (Å²) in [5.41, 5.74) is 0.968. The number of benzene rings is 1. The number of aromatic nitrogens is 3. The summed E-state index contributed by atoms with van der Waals surface area (Å²) in [5.74, 6) is 1.67. The first-order valence-corrected chi connectivity index (χ1v) is 10.2. The molecular formula is C18H21N5O4S. The van der Waals surface area contributed by atoms with Gasteiger partial charge in [-0.05, 0) is 38.2 Å². The van der Waals surface area contributed by atoms with Crippen molar-refractivity contribution in [2.45, 2.75) is 49.7 Å². The molecule has 1 N–H and O–H groups in total. The van der Waals surface area contributed by atoms with Crippen molar-refractivity contribution >= 4 is 29.0 Å². The van der Waals surface area contributed by atoms with Crippen LogP contribution in [0.3, 0.4) is 0 Å². The van der Waals surface area contributed by atoms with Crippen molar-refractivity contribution in [2.24, 2.45) is 0 Å². The molecule has 2 aliphatic carbocycles. The number of rotatable bonds is 8. The molecule has 10 heteroatoms. The Morgan fingerprint density at radius 1 is 1.36 bits per heavy atom. The molecule has 0 radical (unpaired) electrons. The molecule has 2 aliphatic rings. The lowest BCUT2D eigenvalue weighted by molar-refractivity contribution is -0.385. The maximum absolute atomic E-state index is 12.4. The quantitative estimate of drug-likeness (QED) is 0.408. The van der Waals surface area contributed by atoms with Crippen LogP contribution < -0.4 is 10.1 Å². The van der Waals surface area contributed by atoms with E-state index in [-0.39, 0.29) is 23.1 Å². The van der Waals surface area contributed by atoms with Gasteiger partial charge in [0.2, 0.25) is 5.91 Å². The number of hydrogen-bond acceptors (Lipinski definition) is 7. The molecule has 148 valence electrons. The van der Waals surface area contributed by atoms with Crippen molar-refractivity contribution in [3.05, 3.63) is 33.6 Å². The van der Waals surface area contributed by atoms with Crippen molar-refractivity contribution in [3.63, 3.8) is 0 Å². The lowest BCUT2D eigenvalue weighted by atomic mass is 10.1. The number of amides is 1. The molecule has 1 aromatic heterocycles. The number of nitrogens with zero attached hydrogens (tertiary/aromatic N) is 4. The largest absolute Gasteiger partial charge is 0.490 e. The SMILES string of the molecule is COc1cc(NC(=O)CSc2nnc(C3CC3)n2C2CC2)c(C)cc1[N+](=O)[O-]. The molecule has 0 spiro atoms. The summed E-state index contributed by atoms with van der Waals surface area (Å²) in [4.78, 5) is 23.0. The smallest absolute Gasteiger partial charge is 0.311 e. The van der Waals surface area contributed by atoms with Gasteiger partial charge in [-0.2, -0.15) is 0 Å². The molecule has 0 bridgehead atoms. The molecule has 0 saturated heterocycles. The van der Waals surface area contributed by atoms with E-state index < -0.39 is 4.92 Å². The number of aryl methyl sites for hydroxylation is 1. The van der Waals surface area contributed by atoms with Crippen molar-refractivity contribution < 1.29 is 14.5 Å². The molecule has 0 unspecified atom stereocenters. The van der Waals surface area contributed by atoms with Gasteiger partial charge in [0.15, 0.2) is 10.9 Å².